The largest absolute Gasteiger partial charge is 0.481 e. The molecule has 6 heteroatoms. The Kier molecular flexibility index (Phi) is 9.19. The molecule has 0 unspecified atom stereocenters. The van der Waals surface area contributed by atoms with Crippen LogP contribution in [0.2, 0.25) is 0 Å². The van der Waals surface area contributed by atoms with Crippen molar-refractivity contribution in [1.82, 2.24) is 19.9 Å². The Morgan fingerprint density at radius 3 is 1.57 bits per heavy atom. The molecular formula is C38H44N4O2. The highest BCUT2D eigenvalue weighted by molar-refractivity contribution is 5.97. The van der Waals surface area contributed by atoms with E-state index in [0.717, 1.165) is 106 Å². The quantitative estimate of drug-likeness (QED) is 0.208. The molecule has 2 aliphatic rings. The van der Waals surface area contributed by atoms with Crippen LogP contribution in [0.1, 0.15) is 118 Å². The number of carbonyl (C=O) groups is 1. The number of H-pyrrole nitrogens is 2. The third-order valence-electron chi connectivity index (χ3n) is 8.90. The molecule has 0 aromatic carbocycles. The van der Waals surface area contributed by atoms with Gasteiger partial charge in [0.1, 0.15) is 0 Å². The lowest BCUT2D eigenvalue weighted by atomic mass is 9.96. The van der Waals surface area contributed by atoms with Gasteiger partial charge in [0.2, 0.25) is 0 Å². The Morgan fingerprint density at radius 2 is 1.11 bits per heavy atom. The van der Waals surface area contributed by atoms with Gasteiger partial charge in [-0.3, -0.25) is 4.79 Å². The summed E-state index contributed by atoms with van der Waals surface area (Å²) in [5.41, 5.74) is 16.7. The Hall–Kier alpha value is -4.45. The first kappa shape index (κ1) is 31.0. The van der Waals surface area contributed by atoms with Gasteiger partial charge in [-0.2, -0.15) is 0 Å². The maximum Gasteiger partial charge on any atom is 0.303 e. The summed E-state index contributed by atoms with van der Waals surface area (Å²) in [6.45, 7) is 19.2. The molecule has 0 aliphatic carbocycles. The van der Waals surface area contributed by atoms with Gasteiger partial charge < -0.3 is 15.1 Å². The number of hydrogen-bond acceptors (Lipinski definition) is 3. The molecule has 5 heterocycles. The highest BCUT2D eigenvalue weighted by atomic mass is 16.4. The van der Waals surface area contributed by atoms with Crippen molar-refractivity contribution in [3.8, 4) is 0 Å². The zero-order chi connectivity index (χ0) is 31.5. The van der Waals surface area contributed by atoms with Crippen LogP contribution in [0.4, 0.5) is 0 Å². The SMILES string of the molecule is C=Cc1c(CC)c2cc3nc(cc4nc(cc5[nH]c(cc1[nH]2)c(CC)c5C=C)C(CC)=C4CCC)C(CCC(=O)O)=C3CC. The molecule has 0 spiro atoms. The van der Waals surface area contributed by atoms with Crippen LogP contribution in [-0.2, 0) is 17.6 Å². The summed E-state index contributed by atoms with van der Waals surface area (Å²) in [6.07, 6.45) is 9.55. The van der Waals surface area contributed by atoms with Crippen LogP contribution >= 0.6 is 0 Å². The number of rotatable bonds is 11. The molecule has 0 atom stereocenters. The highest BCUT2D eigenvalue weighted by Crippen LogP contribution is 2.40. The topological polar surface area (TPSA) is 94.7 Å². The number of carboxylic acids is 1. The number of aromatic nitrogens is 4. The predicted octanol–water partition coefficient (Wildman–Crippen LogP) is 10.0. The van der Waals surface area contributed by atoms with Crippen molar-refractivity contribution in [2.45, 2.75) is 86.0 Å². The van der Waals surface area contributed by atoms with Crippen molar-refractivity contribution >= 4 is 62.5 Å². The zero-order valence-electron chi connectivity index (χ0n) is 26.8. The van der Waals surface area contributed by atoms with Crippen LogP contribution < -0.4 is 0 Å². The second kappa shape index (κ2) is 13.0. The first-order chi connectivity index (χ1) is 21.3. The van der Waals surface area contributed by atoms with E-state index in [2.05, 4.69) is 82.0 Å². The first-order valence-electron chi connectivity index (χ1n) is 16.0. The Labute approximate surface area is 260 Å². The summed E-state index contributed by atoms with van der Waals surface area (Å²) in [7, 11) is 0. The number of allylic oxidation sites excluding steroid dienone is 4. The lowest BCUT2D eigenvalue weighted by Gasteiger charge is -2.07. The van der Waals surface area contributed by atoms with E-state index < -0.39 is 5.97 Å². The van der Waals surface area contributed by atoms with E-state index in [0.29, 0.717) is 6.42 Å². The minimum Gasteiger partial charge on any atom is -0.481 e. The van der Waals surface area contributed by atoms with Crippen LogP contribution in [0.25, 0.3) is 56.5 Å². The second-order valence-electron chi connectivity index (χ2n) is 11.4. The van der Waals surface area contributed by atoms with E-state index in [1.165, 1.54) is 22.3 Å². The zero-order valence-corrected chi connectivity index (χ0v) is 26.8. The maximum absolute atomic E-state index is 11.7. The van der Waals surface area contributed by atoms with E-state index in [1.807, 2.05) is 12.2 Å². The van der Waals surface area contributed by atoms with Gasteiger partial charge in [-0.1, -0.05) is 66.3 Å². The standard InChI is InChI=1S/C38H44N4O2/c1-8-15-28-26(13-6)34-19-32-24(11-4)22(9-2)30(39-32)18-31-23(10-3)25(12-5)33(40-31)20-35-27(14-7)29(16-17-38(43)44)37(42-35)21-36(28)41-34/h10-11,18-21,39-40H,3-4,8-9,12-17H2,1-2,5-7H3,(H,43,44). The molecule has 0 saturated heterocycles. The fraction of sp³-hybridized carbons (Fsp3) is 0.342. The van der Waals surface area contributed by atoms with Gasteiger partial charge >= 0.3 is 5.97 Å². The normalized spacial score (nSPS) is 13.1. The molecule has 228 valence electrons. The van der Waals surface area contributed by atoms with Gasteiger partial charge in [-0.15, -0.1) is 0 Å². The number of hydrogen-bond donors (Lipinski definition) is 3. The van der Waals surface area contributed by atoms with Crippen LogP contribution in [0.3, 0.4) is 0 Å². The summed E-state index contributed by atoms with van der Waals surface area (Å²) in [4.78, 5) is 29.5. The molecule has 5 rings (SSSR count). The minimum atomic E-state index is -0.811. The van der Waals surface area contributed by atoms with Crippen molar-refractivity contribution in [3.05, 3.63) is 82.5 Å². The summed E-state index contributed by atoms with van der Waals surface area (Å²) < 4.78 is 0. The van der Waals surface area contributed by atoms with Crippen molar-refractivity contribution in [2.24, 2.45) is 0 Å². The lowest BCUT2D eigenvalue weighted by Crippen LogP contribution is -1.96. The van der Waals surface area contributed by atoms with E-state index in [4.69, 9.17) is 9.97 Å². The molecule has 0 saturated carbocycles. The van der Waals surface area contributed by atoms with Gasteiger partial charge in [0.25, 0.3) is 0 Å². The maximum atomic E-state index is 11.7. The fourth-order valence-electron chi connectivity index (χ4n) is 6.89. The molecule has 0 fully saturated rings. The van der Waals surface area contributed by atoms with Crippen molar-refractivity contribution in [2.75, 3.05) is 0 Å². The molecule has 3 N–H and O–H groups in total. The van der Waals surface area contributed by atoms with Gasteiger partial charge in [-0.05, 0) is 96.2 Å². The Bertz CT molecular complexity index is 1880. The monoisotopic (exact) mass is 588 g/mol. The van der Waals surface area contributed by atoms with Crippen LogP contribution in [-0.4, -0.2) is 31.0 Å². The van der Waals surface area contributed by atoms with Crippen LogP contribution in [0.5, 0.6) is 0 Å². The number of nitrogens with one attached hydrogen (secondary N) is 2. The predicted molar refractivity (Wildman–Crippen MR) is 186 cm³/mol. The summed E-state index contributed by atoms with van der Waals surface area (Å²) in [5, 5.41) is 9.60. The average Bonchev–Trinajstić information content (AvgIpc) is 3.72. The van der Waals surface area contributed by atoms with E-state index in [1.54, 1.807) is 0 Å². The summed E-state index contributed by atoms with van der Waals surface area (Å²) >= 11 is 0. The Balaban J connectivity index is 2.01. The smallest absolute Gasteiger partial charge is 0.303 e. The highest BCUT2D eigenvalue weighted by Gasteiger charge is 2.24. The summed E-state index contributed by atoms with van der Waals surface area (Å²) in [6, 6.07) is 8.58. The number of aryl methyl sites for hydroxylation is 2. The third kappa shape index (κ3) is 5.49. The molecule has 2 aliphatic heterocycles. The molecule has 44 heavy (non-hydrogen) atoms. The lowest BCUT2D eigenvalue weighted by molar-refractivity contribution is -0.136. The second-order valence-corrected chi connectivity index (χ2v) is 11.4. The molecule has 6 nitrogen and oxygen atoms in total. The number of aliphatic carboxylic acids is 1. The third-order valence-corrected chi connectivity index (χ3v) is 8.90. The van der Waals surface area contributed by atoms with E-state index >= 15 is 0 Å². The molecule has 3 aromatic heterocycles. The average molecular weight is 589 g/mol. The molecule has 3 aromatic rings. The minimum absolute atomic E-state index is 0.0515. The molecule has 8 bridgehead atoms. The van der Waals surface area contributed by atoms with Crippen LogP contribution in [0, 0.1) is 0 Å². The van der Waals surface area contributed by atoms with Crippen molar-refractivity contribution in [3.63, 3.8) is 0 Å². The molecular weight excluding hydrogens is 544 g/mol. The van der Waals surface area contributed by atoms with Crippen LogP contribution in [0.15, 0.2) is 37.4 Å². The van der Waals surface area contributed by atoms with E-state index in [-0.39, 0.29) is 6.42 Å². The Morgan fingerprint density at radius 1 is 0.659 bits per heavy atom. The molecule has 0 radical (unpaired) electrons. The van der Waals surface area contributed by atoms with Gasteiger partial charge in [-0.25, -0.2) is 9.97 Å². The van der Waals surface area contributed by atoms with Gasteiger partial charge in [0.15, 0.2) is 0 Å². The number of nitrogens with zero attached hydrogens (tertiary/aromatic N) is 2. The number of carboxylic acid groups (broad SMARTS) is 1. The first-order valence-corrected chi connectivity index (χ1v) is 16.0. The fourth-order valence-corrected chi connectivity index (χ4v) is 6.89. The van der Waals surface area contributed by atoms with Crippen molar-refractivity contribution < 1.29 is 9.90 Å². The number of fused-ring (bicyclic) bond motifs is 8. The van der Waals surface area contributed by atoms with E-state index in [9.17, 15) is 9.90 Å². The summed E-state index contributed by atoms with van der Waals surface area (Å²) in [5.74, 6) is -0.811. The molecule has 0 amide bonds. The number of aromatic amines is 2. The van der Waals surface area contributed by atoms with Crippen molar-refractivity contribution in [1.29, 1.82) is 0 Å². The van der Waals surface area contributed by atoms with Gasteiger partial charge in [0, 0.05) is 39.6 Å². The van der Waals surface area contributed by atoms with Gasteiger partial charge in [0.05, 0.1) is 22.8 Å².